The molecule has 33 heavy (non-hydrogen) atoms. The van der Waals surface area contributed by atoms with Crippen LogP contribution >= 0.6 is 11.6 Å². The Morgan fingerprint density at radius 3 is 2.36 bits per heavy atom. The standard InChI is InChI=1S/C26H23ClN2O4/c1-2-15-32-21-13-11-19(12-14-21)28-25(30)22-23(17-7-6-8-18(27)16-17)29(33-24(22)26(28)31)20-9-4-3-5-10-20/h3-14,16,22-24H,2,15H2,1H3/t22-,23+,24-/m1/s1. The van der Waals surface area contributed by atoms with Gasteiger partial charge in [0.15, 0.2) is 6.10 Å². The number of benzene rings is 3. The van der Waals surface area contributed by atoms with Crippen molar-refractivity contribution in [2.45, 2.75) is 25.5 Å². The number of ether oxygens (including phenoxy) is 1. The summed E-state index contributed by atoms with van der Waals surface area (Å²) in [4.78, 5) is 34.4. The molecule has 0 spiro atoms. The maximum Gasteiger partial charge on any atom is 0.266 e. The van der Waals surface area contributed by atoms with E-state index < -0.39 is 18.1 Å². The summed E-state index contributed by atoms with van der Waals surface area (Å²) in [5, 5.41) is 2.22. The van der Waals surface area contributed by atoms with Gasteiger partial charge in [-0.25, -0.2) is 9.96 Å². The maximum absolute atomic E-state index is 13.6. The summed E-state index contributed by atoms with van der Waals surface area (Å²) in [5.41, 5.74) is 2.08. The van der Waals surface area contributed by atoms with Crippen molar-refractivity contribution in [1.82, 2.24) is 0 Å². The fraction of sp³-hybridized carbons (Fsp3) is 0.231. The largest absolute Gasteiger partial charge is 0.494 e. The molecule has 0 radical (unpaired) electrons. The van der Waals surface area contributed by atoms with Crippen LogP contribution in [0.4, 0.5) is 11.4 Å². The number of rotatable bonds is 6. The van der Waals surface area contributed by atoms with E-state index in [9.17, 15) is 9.59 Å². The van der Waals surface area contributed by atoms with Gasteiger partial charge in [-0.2, -0.15) is 0 Å². The number of carbonyl (C=O) groups excluding carboxylic acids is 2. The minimum Gasteiger partial charge on any atom is -0.494 e. The molecule has 3 aromatic carbocycles. The minimum atomic E-state index is -0.919. The first-order chi connectivity index (χ1) is 16.1. The Hall–Kier alpha value is -3.35. The first kappa shape index (κ1) is 21.5. The van der Waals surface area contributed by atoms with Crippen LogP contribution in [-0.2, 0) is 14.4 Å². The Balaban J connectivity index is 1.50. The first-order valence-corrected chi connectivity index (χ1v) is 11.3. The average Bonchev–Trinajstić information content (AvgIpc) is 3.35. The lowest BCUT2D eigenvalue weighted by Crippen LogP contribution is -2.37. The number of anilines is 2. The molecule has 0 unspecified atom stereocenters. The molecular weight excluding hydrogens is 440 g/mol. The Bertz CT molecular complexity index is 1170. The topological polar surface area (TPSA) is 59.1 Å². The van der Waals surface area contributed by atoms with Crippen LogP contribution in [0.1, 0.15) is 24.9 Å². The second kappa shape index (κ2) is 8.89. The molecule has 2 saturated heterocycles. The predicted octanol–water partition coefficient (Wildman–Crippen LogP) is 5.18. The molecule has 3 aromatic rings. The Labute approximate surface area is 197 Å². The number of imide groups is 1. The van der Waals surface area contributed by atoms with Crippen LogP contribution in [0.25, 0.3) is 0 Å². The zero-order valence-electron chi connectivity index (χ0n) is 18.1. The molecule has 0 N–H and O–H groups in total. The molecule has 5 rings (SSSR count). The quantitative estimate of drug-likeness (QED) is 0.472. The van der Waals surface area contributed by atoms with Crippen molar-refractivity contribution in [1.29, 1.82) is 0 Å². The molecule has 168 valence electrons. The zero-order valence-corrected chi connectivity index (χ0v) is 18.8. The number of hydrogen-bond acceptors (Lipinski definition) is 5. The molecule has 2 fully saturated rings. The van der Waals surface area contributed by atoms with Gasteiger partial charge in [0.1, 0.15) is 11.7 Å². The normalized spacial score (nSPS) is 22.1. The number of para-hydroxylation sites is 1. The molecule has 2 heterocycles. The fourth-order valence-corrected chi connectivity index (χ4v) is 4.61. The van der Waals surface area contributed by atoms with E-state index in [0.717, 1.165) is 17.7 Å². The Kier molecular flexibility index (Phi) is 5.79. The van der Waals surface area contributed by atoms with Crippen LogP contribution in [0.3, 0.4) is 0 Å². The molecule has 3 atom stereocenters. The molecule has 0 aliphatic carbocycles. The summed E-state index contributed by atoms with van der Waals surface area (Å²) < 4.78 is 5.62. The molecule has 0 aromatic heterocycles. The van der Waals surface area contributed by atoms with Crippen LogP contribution in [0, 0.1) is 5.92 Å². The van der Waals surface area contributed by atoms with E-state index >= 15 is 0 Å². The molecule has 0 saturated carbocycles. The number of nitrogens with zero attached hydrogens (tertiary/aromatic N) is 2. The highest BCUT2D eigenvalue weighted by molar-refractivity contribution is 6.30. The van der Waals surface area contributed by atoms with Crippen LogP contribution in [0.5, 0.6) is 5.75 Å². The van der Waals surface area contributed by atoms with Gasteiger partial charge in [-0.15, -0.1) is 0 Å². The second-order valence-corrected chi connectivity index (χ2v) is 8.50. The number of hydroxylamine groups is 1. The van der Waals surface area contributed by atoms with Gasteiger partial charge in [0.05, 0.1) is 24.0 Å². The third-order valence-corrected chi connectivity index (χ3v) is 6.12. The lowest BCUT2D eigenvalue weighted by atomic mass is 9.90. The van der Waals surface area contributed by atoms with Crippen molar-refractivity contribution in [3.8, 4) is 5.75 Å². The van der Waals surface area contributed by atoms with Gasteiger partial charge in [0.2, 0.25) is 5.91 Å². The Morgan fingerprint density at radius 1 is 0.909 bits per heavy atom. The van der Waals surface area contributed by atoms with Crippen molar-refractivity contribution in [3.05, 3.63) is 89.4 Å². The summed E-state index contributed by atoms with van der Waals surface area (Å²) in [6.45, 7) is 2.64. The van der Waals surface area contributed by atoms with Crippen molar-refractivity contribution in [2.75, 3.05) is 16.6 Å². The summed E-state index contributed by atoms with van der Waals surface area (Å²) in [5.74, 6) is -0.677. The second-order valence-electron chi connectivity index (χ2n) is 8.07. The Morgan fingerprint density at radius 2 is 1.67 bits per heavy atom. The van der Waals surface area contributed by atoms with E-state index in [1.165, 1.54) is 4.90 Å². The van der Waals surface area contributed by atoms with Crippen LogP contribution in [0.2, 0.25) is 5.02 Å². The molecule has 6 nitrogen and oxygen atoms in total. The van der Waals surface area contributed by atoms with Gasteiger partial charge in [-0.05, 0) is 60.5 Å². The first-order valence-electron chi connectivity index (χ1n) is 11.0. The SMILES string of the molecule is CCCOc1ccc(N2C(=O)[C@H]3[C@@H](ON(c4ccccc4)[C@H]3c3cccc(Cl)c3)C2=O)cc1. The van der Waals surface area contributed by atoms with Crippen LogP contribution < -0.4 is 14.7 Å². The summed E-state index contributed by atoms with van der Waals surface area (Å²) in [6.07, 6.45) is -0.0216. The molecule has 2 aliphatic heterocycles. The van der Waals surface area contributed by atoms with Gasteiger partial charge in [0, 0.05) is 5.02 Å². The van der Waals surface area contributed by atoms with E-state index in [4.69, 9.17) is 21.2 Å². The van der Waals surface area contributed by atoms with Crippen molar-refractivity contribution < 1.29 is 19.2 Å². The minimum absolute atomic E-state index is 0.296. The summed E-state index contributed by atoms with van der Waals surface area (Å²) in [7, 11) is 0. The molecule has 7 heteroatoms. The van der Waals surface area contributed by atoms with Crippen LogP contribution in [-0.4, -0.2) is 24.5 Å². The number of hydrogen-bond donors (Lipinski definition) is 0. The van der Waals surface area contributed by atoms with Gasteiger partial charge in [-0.3, -0.25) is 14.4 Å². The number of halogens is 1. The average molecular weight is 463 g/mol. The van der Waals surface area contributed by atoms with Crippen molar-refractivity contribution >= 4 is 34.8 Å². The van der Waals surface area contributed by atoms with E-state index in [2.05, 4.69) is 0 Å². The third-order valence-electron chi connectivity index (χ3n) is 5.88. The summed E-state index contributed by atoms with van der Waals surface area (Å²) in [6, 6.07) is 23.3. The van der Waals surface area contributed by atoms with Crippen LogP contribution in [0.15, 0.2) is 78.9 Å². The monoisotopic (exact) mass is 462 g/mol. The summed E-state index contributed by atoms with van der Waals surface area (Å²) >= 11 is 6.27. The fourth-order valence-electron chi connectivity index (χ4n) is 4.41. The highest BCUT2D eigenvalue weighted by Crippen LogP contribution is 2.47. The molecule has 2 amide bonds. The molecule has 2 aliphatic rings. The smallest absolute Gasteiger partial charge is 0.266 e. The van der Waals surface area contributed by atoms with Crippen molar-refractivity contribution in [3.63, 3.8) is 0 Å². The number of fused-ring (bicyclic) bond motifs is 1. The van der Waals surface area contributed by atoms with Gasteiger partial charge in [0.25, 0.3) is 5.91 Å². The van der Waals surface area contributed by atoms with Gasteiger partial charge in [-0.1, -0.05) is 48.9 Å². The lowest BCUT2D eigenvalue weighted by Gasteiger charge is -2.28. The van der Waals surface area contributed by atoms with E-state index in [0.29, 0.717) is 23.1 Å². The maximum atomic E-state index is 13.6. The van der Waals surface area contributed by atoms with E-state index in [1.54, 1.807) is 35.4 Å². The number of carbonyl (C=O) groups is 2. The lowest BCUT2D eigenvalue weighted by molar-refractivity contribution is -0.126. The zero-order chi connectivity index (χ0) is 22.9. The predicted molar refractivity (Wildman–Crippen MR) is 126 cm³/mol. The number of amides is 2. The molecule has 0 bridgehead atoms. The van der Waals surface area contributed by atoms with E-state index in [1.807, 2.05) is 55.5 Å². The van der Waals surface area contributed by atoms with E-state index in [-0.39, 0.29) is 11.8 Å². The van der Waals surface area contributed by atoms with Gasteiger partial charge < -0.3 is 4.74 Å². The van der Waals surface area contributed by atoms with Gasteiger partial charge >= 0.3 is 0 Å². The highest BCUT2D eigenvalue weighted by Gasteiger charge is 2.60. The third kappa shape index (κ3) is 3.86. The highest BCUT2D eigenvalue weighted by atomic mass is 35.5. The van der Waals surface area contributed by atoms with Crippen molar-refractivity contribution in [2.24, 2.45) is 5.92 Å². The molecular formula is C26H23ClN2O4.